The summed E-state index contributed by atoms with van der Waals surface area (Å²) in [5.41, 5.74) is 7.07. The molecule has 0 aliphatic rings. The van der Waals surface area contributed by atoms with Crippen LogP contribution < -0.4 is 5.73 Å². The third kappa shape index (κ3) is 2.42. The topological polar surface area (TPSA) is 70.1 Å². The first-order chi connectivity index (χ1) is 9.19. The number of alkyl halides is 1. The van der Waals surface area contributed by atoms with Crippen LogP contribution in [0, 0.1) is 0 Å². The van der Waals surface area contributed by atoms with E-state index >= 15 is 0 Å². The summed E-state index contributed by atoms with van der Waals surface area (Å²) in [5, 5.41) is 4.12. The monoisotopic (exact) mass is 263 g/mol. The van der Waals surface area contributed by atoms with E-state index in [1.54, 1.807) is 12.1 Å². The van der Waals surface area contributed by atoms with Crippen LogP contribution in [0.4, 0.5) is 10.2 Å². The van der Waals surface area contributed by atoms with Crippen LogP contribution in [0.3, 0.4) is 0 Å². The molecule has 1 aromatic carbocycles. The lowest BCUT2D eigenvalue weighted by molar-refractivity contribution is 0.0592. The van der Waals surface area contributed by atoms with Gasteiger partial charge in [-0.3, -0.25) is 4.39 Å². The summed E-state index contributed by atoms with van der Waals surface area (Å²) in [7, 11) is 1.25. The summed E-state index contributed by atoms with van der Waals surface area (Å²) in [6.45, 7) is -0.616. The summed E-state index contributed by atoms with van der Waals surface area (Å²) in [4.78, 5) is 11.6. The predicted octanol–water partition coefficient (Wildman–Crippen LogP) is 1.75. The normalized spacial score (nSPS) is 10.4. The number of nitrogen functional groups attached to an aromatic ring is 1. The maximum absolute atomic E-state index is 12.6. The van der Waals surface area contributed by atoms with Crippen molar-refractivity contribution in [1.29, 1.82) is 0 Å². The van der Waals surface area contributed by atoms with Gasteiger partial charge in [-0.15, -0.1) is 0 Å². The Kier molecular flexibility index (Phi) is 3.79. The number of nitrogens with zero attached hydrogens (tertiary/aromatic N) is 2. The molecule has 0 saturated carbocycles. The molecule has 0 saturated heterocycles. The number of para-hydroxylation sites is 1. The molecule has 0 atom stereocenters. The maximum atomic E-state index is 12.6. The van der Waals surface area contributed by atoms with Crippen molar-refractivity contribution in [2.75, 3.05) is 19.5 Å². The van der Waals surface area contributed by atoms with E-state index < -0.39 is 12.6 Å². The quantitative estimate of drug-likeness (QED) is 0.853. The standard InChI is InChI=1S/C13H14FN3O2/c1-19-13(18)11-10(7-8-14)12(15)17(16-11)9-5-3-2-4-6-9/h2-6H,7-8,15H2,1H3. The van der Waals surface area contributed by atoms with Crippen molar-refractivity contribution in [3.63, 3.8) is 0 Å². The first kappa shape index (κ1) is 13.1. The van der Waals surface area contributed by atoms with Crippen molar-refractivity contribution in [3.8, 4) is 5.69 Å². The van der Waals surface area contributed by atoms with Gasteiger partial charge in [0.15, 0.2) is 5.69 Å². The van der Waals surface area contributed by atoms with E-state index in [1.807, 2.05) is 18.2 Å². The van der Waals surface area contributed by atoms with Crippen molar-refractivity contribution < 1.29 is 13.9 Å². The largest absolute Gasteiger partial charge is 0.464 e. The van der Waals surface area contributed by atoms with Crippen LogP contribution in [0.15, 0.2) is 30.3 Å². The number of nitrogens with two attached hydrogens (primary N) is 1. The fourth-order valence-corrected chi connectivity index (χ4v) is 1.83. The van der Waals surface area contributed by atoms with E-state index in [2.05, 4.69) is 9.84 Å². The van der Waals surface area contributed by atoms with Crippen LogP contribution in [-0.4, -0.2) is 29.5 Å². The van der Waals surface area contributed by atoms with Crippen molar-refractivity contribution in [2.45, 2.75) is 6.42 Å². The van der Waals surface area contributed by atoms with E-state index in [4.69, 9.17) is 5.73 Å². The van der Waals surface area contributed by atoms with Gasteiger partial charge in [0.05, 0.1) is 19.5 Å². The van der Waals surface area contributed by atoms with Crippen LogP contribution in [0.5, 0.6) is 0 Å². The van der Waals surface area contributed by atoms with E-state index in [1.165, 1.54) is 11.8 Å². The fourth-order valence-electron chi connectivity index (χ4n) is 1.83. The van der Waals surface area contributed by atoms with Gasteiger partial charge in [-0.1, -0.05) is 18.2 Å². The molecule has 0 aliphatic heterocycles. The molecule has 1 heterocycles. The van der Waals surface area contributed by atoms with Gasteiger partial charge in [0.2, 0.25) is 0 Å². The maximum Gasteiger partial charge on any atom is 0.358 e. The molecule has 19 heavy (non-hydrogen) atoms. The number of rotatable bonds is 4. The van der Waals surface area contributed by atoms with Crippen LogP contribution in [-0.2, 0) is 11.2 Å². The third-order valence-corrected chi connectivity index (χ3v) is 2.75. The summed E-state index contributed by atoms with van der Waals surface area (Å²) >= 11 is 0. The Morgan fingerprint density at radius 1 is 1.42 bits per heavy atom. The average Bonchev–Trinajstić information content (AvgIpc) is 2.77. The first-order valence-corrected chi connectivity index (χ1v) is 5.76. The number of aromatic nitrogens is 2. The molecule has 0 fully saturated rings. The highest BCUT2D eigenvalue weighted by atomic mass is 19.1. The summed E-state index contributed by atoms with van der Waals surface area (Å²) < 4.78 is 18.6. The second kappa shape index (κ2) is 5.51. The Bertz CT molecular complexity index is 581. The molecule has 0 amide bonds. The Labute approximate surface area is 109 Å². The molecular weight excluding hydrogens is 249 g/mol. The van der Waals surface area contributed by atoms with Gasteiger partial charge in [0, 0.05) is 12.0 Å². The molecule has 2 N–H and O–H groups in total. The van der Waals surface area contributed by atoms with Crippen molar-refractivity contribution in [2.24, 2.45) is 0 Å². The highest BCUT2D eigenvalue weighted by molar-refractivity contribution is 5.90. The molecule has 100 valence electrons. The van der Waals surface area contributed by atoms with Gasteiger partial charge < -0.3 is 10.5 Å². The van der Waals surface area contributed by atoms with Gasteiger partial charge in [-0.05, 0) is 12.1 Å². The summed E-state index contributed by atoms with van der Waals surface area (Å²) in [6.07, 6.45) is 0.0309. The Balaban J connectivity index is 2.55. The van der Waals surface area contributed by atoms with Crippen LogP contribution in [0.2, 0.25) is 0 Å². The number of halogens is 1. The molecule has 2 rings (SSSR count). The number of carbonyl (C=O) groups is 1. The number of benzene rings is 1. The zero-order valence-electron chi connectivity index (χ0n) is 10.5. The minimum Gasteiger partial charge on any atom is -0.464 e. The van der Waals surface area contributed by atoms with E-state index in [0.717, 1.165) is 0 Å². The predicted molar refractivity (Wildman–Crippen MR) is 69.0 cm³/mol. The van der Waals surface area contributed by atoms with Crippen molar-refractivity contribution >= 4 is 11.8 Å². The number of esters is 1. The third-order valence-electron chi connectivity index (χ3n) is 2.75. The minimum absolute atomic E-state index is 0.0309. The fraction of sp³-hybridized carbons (Fsp3) is 0.231. The molecule has 6 heteroatoms. The number of anilines is 1. The zero-order chi connectivity index (χ0) is 13.8. The lowest BCUT2D eigenvalue weighted by Crippen LogP contribution is -2.06. The number of hydrogen-bond donors (Lipinski definition) is 1. The number of methoxy groups -OCH3 is 1. The molecule has 0 spiro atoms. The number of ether oxygens (including phenoxy) is 1. The minimum atomic E-state index is -0.621. The van der Waals surface area contributed by atoms with Gasteiger partial charge in [0.1, 0.15) is 5.82 Å². The van der Waals surface area contributed by atoms with E-state index in [-0.39, 0.29) is 17.9 Å². The van der Waals surface area contributed by atoms with Gasteiger partial charge in [-0.25, -0.2) is 9.48 Å². The molecule has 1 aromatic heterocycles. The van der Waals surface area contributed by atoms with Crippen LogP contribution >= 0.6 is 0 Å². The van der Waals surface area contributed by atoms with Crippen molar-refractivity contribution in [1.82, 2.24) is 9.78 Å². The average molecular weight is 263 g/mol. The van der Waals surface area contributed by atoms with Gasteiger partial charge in [0.25, 0.3) is 0 Å². The zero-order valence-corrected chi connectivity index (χ0v) is 10.5. The molecular formula is C13H14FN3O2. The second-order valence-electron chi connectivity index (χ2n) is 3.89. The van der Waals surface area contributed by atoms with Gasteiger partial charge in [-0.2, -0.15) is 5.10 Å². The molecule has 0 bridgehead atoms. The Morgan fingerprint density at radius 2 is 2.11 bits per heavy atom. The van der Waals surface area contributed by atoms with Gasteiger partial charge >= 0.3 is 5.97 Å². The van der Waals surface area contributed by atoms with E-state index in [0.29, 0.717) is 11.3 Å². The SMILES string of the molecule is COC(=O)c1nn(-c2ccccc2)c(N)c1CCF. The molecule has 5 nitrogen and oxygen atoms in total. The Hall–Kier alpha value is -2.37. The molecule has 0 radical (unpaired) electrons. The molecule has 0 unspecified atom stereocenters. The number of hydrogen-bond acceptors (Lipinski definition) is 4. The molecule has 0 aliphatic carbocycles. The second-order valence-corrected chi connectivity index (χ2v) is 3.89. The highest BCUT2D eigenvalue weighted by Gasteiger charge is 2.22. The highest BCUT2D eigenvalue weighted by Crippen LogP contribution is 2.22. The molecule has 2 aromatic rings. The lowest BCUT2D eigenvalue weighted by Gasteiger charge is -2.03. The van der Waals surface area contributed by atoms with Crippen molar-refractivity contribution in [3.05, 3.63) is 41.6 Å². The first-order valence-electron chi connectivity index (χ1n) is 5.76. The summed E-state index contributed by atoms with van der Waals surface area (Å²) in [5.74, 6) is -0.367. The summed E-state index contributed by atoms with van der Waals surface area (Å²) in [6, 6.07) is 9.09. The Morgan fingerprint density at radius 3 is 2.68 bits per heavy atom. The smallest absolute Gasteiger partial charge is 0.358 e. The van der Waals surface area contributed by atoms with Crippen LogP contribution in [0.1, 0.15) is 16.1 Å². The lowest BCUT2D eigenvalue weighted by atomic mass is 10.2. The number of carbonyl (C=O) groups excluding carboxylic acids is 1. The van der Waals surface area contributed by atoms with Crippen LogP contribution in [0.25, 0.3) is 5.69 Å². The van der Waals surface area contributed by atoms with E-state index in [9.17, 15) is 9.18 Å².